The molecule has 18 heavy (non-hydrogen) atoms. The summed E-state index contributed by atoms with van der Waals surface area (Å²) in [7, 11) is 0. The van der Waals surface area contributed by atoms with Gasteiger partial charge >= 0.3 is 0 Å². The molecular weight excluding hydrogens is 248 g/mol. The van der Waals surface area contributed by atoms with E-state index in [1.165, 1.54) is 11.8 Å². The number of carbonyl (C=O) groups excluding carboxylic acids is 1. The Kier molecular flexibility index (Phi) is 6.01. The zero-order chi connectivity index (χ0) is 13.5. The molecule has 0 aliphatic carbocycles. The highest BCUT2D eigenvalue weighted by molar-refractivity contribution is 7.99. The summed E-state index contributed by atoms with van der Waals surface area (Å²) in [5.41, 5.74) is 8.09. The Balaban J connectivity index is 2.43. The van der Waals surface area contributed by atoms with Gasteiger partial charge in [0, 0.05) is 18.0 Å². The van der Waals surface area contributed by atoms with E-state index in [0.717, 1.165) is 17.0 Å². The van der Waals surface area contributed by atoms with Crippen LogP contribution in [0.5, 0.6) is 0 Å². The summed E-state index contributed by atoms with van der Waals surface area (Å²) < 4.78 is 0. The largest absolute Gasteiger partial charge is 0.398 e. The first-order chi connectivity index (χ1) is 8.54. The Labute approximate surface area is 112 Å². The van der Waals surface area contributed by atoms with Crippen LogP contribution in [0, 0.1) is 12.8 Å². The number of hydrogen-bond donors (Lipinski definition) is 3. The van der Waals surface area contributed by atoms with Crippen molar-refractivity contribution in [3.05, 3.63) is 23.8 Å². The van der Waals surface area contributed by atoms with Crippen molar-refractivity contribution in [3.63, 3.8) is 0 Å². The fourth-order valence-corrected chi connectivity index (χ4v) is 2.26. The maximum Gasteiger partial charge on any atom is 0.234 e. The Hall–Kier alpha value is -1.20. The lowest BCUT2D eigenvalue weighted by Crippen LogP contribution is -2.16. The van der Waals surface area contributed by atoms with E-state index in [9.17, 15) is 4.79 Å². The van der Waals surface area contributed by atoms with Crippen LogP contribution in [0.2, 0.25) is 0 Å². The number of aliphatic hydroxyl groups is 1. The zero-order valence-corrected chi connectivity index (χ0v) is 11.6. The Bertz CT molecular complexity index is 410. The fourth-order valence-electron chi connectivity index (χ4n) is 1.38. The van der Waals surface area contributed by atoms with E-state index in [4.69, 9.17) is 10.8 Å². The summed E-state index contributed by atoms with van der Waals surface area (Å²) in [6.45, 7) is 3.99. The summed E-state index contributed by atoms with van der Waals surface area (Å²) in [5, 5.41) is 11.7. The predicted octanol–water partition coefficient (Wildman–Crippen LogP) is 1.88. The van der Waals surface area contributed by atoms with Gasteiger partial charge in [-0.25, -0.2) is 0 Å². The Morgan fingerprint density at radius 2 is 2.28 bits per heavy atom. The lowest BCUT2D eigenvalue weighted by atomic mass is 10.1. The second-order valence-corrected chi connectivity index (χ2v) is 5.40. The first kappa shape index (κ1) is 14.9. The number of amides is 1. The summed E-state index contributed by atoms with van der Waals surface area (Å²) in [6, 6.07) is 5.46. The molecule has 1 unspecified atom stereocenters. The zero-order valence-electron chi connectivity index (χ0n) is 10.8. The van der Waals surface area contributed by atoms with Crippen molar-refractivity contribution in [1.82, 2.24) is 0 Å². The maximum atomic E-state index is 11.7. The molecule has 4 nitrogen and oxygen atoms in total. The predicted molar refractivity (Wildman–Crippen MR) is 77.8 cm³/mol. The number of nitrogen functional groups attached to an aromatic ring is 1. The minimum atomic E-state index is -0.0427. The van der Waals surface area contributed by atoms with Crippen LogP contribution in [-0.4, -0.2) is 29.1 Å². The molecule has 1 aromatic carbocycles. The van der Waals surface area contributed by atoms with Gasteiger partial charge < -0.3 is 16.2 Å². The van der Waals surface area contributed by atoms with Crippen molar-refractivity contribution < 1.29 is 9.90 Å². The average molecular weight is 268 g/mol. The van der Waals surface area contributed by atoms with Crippen LogP contribution in [-0.2, 0) is 4.79 Å². The van der Waals surface area contributed by atoms with Crippen molar-refractivity contribution in [2.75, 3.05) is 29.2 Å². The molecule has 0 heterocycles. The minimum absolute atomic E-state index is 0.0427. The van der Waals surface area contributed by atoms with E-state index in [1.807, 2.05) is 32.0 Å². The lowest BCUT2D eigenvalue weighted by Gasteiger charge is -2.11. The number of rotatable bonds is 6. The Morgan fingerprint density at radius 3 is 2.94 bits per heavy atom. The van der Waals surface area contributed by atoms with Crippen LogP contribution in [0.4, 0.5) is 11.4 Å². The third-order valence-electron chi connectivity index (χ3n) is 2.60. The molecule has 1 aromatic rings. The highest BCUT2D eigenvalue weighted by Crippen LogP contribution is 2.20. The molecule has 0 saturated heterocycles. The van der Waals surface area contributed by atoms with Gasteiger partial charge in [-0.15, -0.1) is 0 Å². The van der Waals surface area contributed by atoms with Gasteiger partial charge in [-0.05, 0) is 36.3 Å². The first-order valence-electron chi connectivity index (χ1n) is 5.88. The minimum Gasteiger partial charge on any atom is -0.398 e. The van der Waals surface area contributed by atoms with E-state index in [2.05, 4.69) is 5.32 Å². The van der Waals surface area contributed by atoms with E-state index in [1.54, 1.807) is 0 Å². The smallest absolute Gasteiger partial charge is 0.234 e. The number of thioether (sulfide) groups is 1. The average Bonchev–Trinajstić information content (AvgIpc) is 2.34. The third-order valence-corrected chi connectivity index (χ3v) is 3.87. The first-order valence-corrected chi connectivity index (χ1v) is 7.03. The molecule has 1 amide bonds. The fraction of sp³-hybridized carbons (Fsp3) is 0.462. The second-order valence-electron chi connectivity index (χ2n) is 4.37. The third kappa shape index (κ3) is 4.58. The van der Waals surface area contributed by atoms with Crippen molar-refractivity contribution >= 4 is 29.0 Å². The number of nitrogens with two attached hydrogens (primary N) is 1. The van der Waals surface area contributed by atoms with Gasteiger partial charge in [-0.2, -0.15) is 11.8 Å². The molecule has 100 valence electrons. The number of anilines is 2. The normalized spacial score (nSPS) is 12.2. The number of benzene rings is 1. The summed E-state index contributed by atoms with van der Waals surface area (Å²) in [4.78, 5) is 11.7. The summed E-state index contributed by atoms with van der Waals surface area (Å²) >= 11 is 1.52. The van der Waals surface area contributed by atoms with Gasteiger partial charge in [0.25, 0.3) is 0 Å². The molecule has 0 aliphatic heterocycles. The van der Waals surface area contributed by atoms with Gasteiger partial charge in [0.2, 0.25) is 5.91 Å². The molecule has 5 heteroatoms. The van der Waals surface area contributed by atoms with E-state index >= 15 is 0 Å². The van der Waals surface area contributed by atoms with Crippen molar-refractivity contribution in [2.24, 2.45) is 5.92 Å². The molecule has 0 aromatic heterocycles. The van der Waals surface area contributed by atoms with Crippen LogP contribution < -0.4 is 11.1 Å². The van der Waals surface area contributed by atoms with E-state index in [0.29, 0.717) is 11.4 Å². The number of carbonyl (C=O) groups is 1. The quantitative estimate of drug-likeness (QED) is 0.689. The van der Waals surface area contributed by atoms with Gasteiger partial charge in [-0.3, -0.25) is 4.79 Å². The van der Waals surface area contributed by atoms with Crippen molar-refractivity contribution in [3.8, 4) is 0 Å². The van der Waals surface area contributed by atoms with Crippen LogP contribution in [0.25, 0.3) is 0 Å². The second kappa shape index (κ2) is 7.28. The van der Waals surface area contributed by atoms with Crippen LogP contribution in [0.1, 0.15) is 12.5 Å². The summed E-state index contributed by atoms with van der Waals surface area (Å²) in [6.07, 6.45) is 0. The molecule has 0 spiro atoms. The monoisotopic (exact) mass is 268 g/mol. The highest BCUT2D eigenvalue weighted by atomic mass is 32.2. The standard InChI is InChI=1S/C13H20N2O2S/c1-9(6-16)7-18-8-13(17)15-12-5-3-4-11(14)10(12)2/h3-5,9,16H,6-8,14H2,1-2H3,(H,15,17). The van der Waals surface area contributed by atoms with E-state index < -0.39 is 0 Å². The number of hydrogen-bond acceptors (Lipinski definition) is 4. The molecule has 4 N–H and O–H groups in total. The summed E-state index contributed by atoms with van der Waals surface area (Å²) in [5.74, 6) is 1.34. The maximum absolute atomic E-state index is 11.7. The molecule has 0 radical (unpaired) electrons. The van der Waals surface area contributed by atoms with Gasteiger partial charge in [0.1, 0.15) is 0 Å². The molecule has 0 aliphatic rings. The van der Waals surface area contributed by atoms with Gasteiger partial charge in [0.15, 0.2) is 0 Å². The topological polar surface area (TPSA) is 75.3 Å². The van der Waals surface area contributed by atoms with Crippen molar-refractivity contribution in [2.45, 2.75) is 13.8 Å². The van der Waals surface area contributed by atoms with Gasteiger partial charge in [0.05, 0.1) is 5.75 Å². The molecule has 1 atom stereocenters. The van der Waals surface area contributed by atoms with Gasteiger partial charge in [-0.1, -0.05) is 13.0 Å². The molecule has 1 rings (SSSR count). The van der Waals surface area contributed by atoms with Crippen molar-refractivity contribution in [1.29, 1.82) is 0 Å². The van der Waals surface area contributed by atoms with E-state index in [-0.39, 0.29) is 18.4 Å². The molecule has 0 bridgehead atoms. The SMILES string of the molecule is Cc1c(N)cccc1NC(=O)CSCC(C)CO. The van der Waals surface area contributed by atoms with Crippen LogP contribution in [0.15, 0.2) is 18.2 Å². The molecule has 0 fully saturated rings. The number of nitrogens with one attached hydrogen (secondary N) is 1. The molecular formula is C13H20N2O2S. The number of aliphatic hydroxyl groups excluding tert-OH is 1. The van der Waals surface area contributed by atoms with Crippen LogP contribution >= 0.6 is 11.8 Å². The highest BCUT2D eigenvalue weighted by Gasteiger charge is 2.07. The Morgan fingerprint density at radius 1 is 1.56 bits per heavy atom. The molecule has 0 saturated carbocycles. The lowest BCUT2D eigenvalue weighted by molar-refractivity contribution is -0.113. The van der Waals surface area contributed by atoms with Crippen LogP contribution in [0.3, 0.4) is 0 Å².